The number of benzene rings is 2. The summed E-state index contributed by atoms with van der Waals surface area (Å²) in [6, 6.07) is 14.1. The minimum Gasteiger partial charge on any atom is -0.355 e. The van der Waals surface area contributed by atoms with E-state index in [2.05, 4.69) is 10.6 Å². The average molecular weight is 349 g/mol. The van der Waals surface area contributed by atoms with Gasteiger partial charge >= 0.3 is 0 Å². The Morgan fingerprint density at radius 1 is 1.04 bits per heavy atom. The van der Waals surface area contributed by atoms with E-state index in [1.165, 1.54) is 11.8 Å². The number of hydrogen-bond donors (Lipinski definition) is 2. The van der Waals surface area contributed by atoms with E-state index in [1.54, 1.807) is 43.4 Å². The zero-order chi connectivity index (χ0) is 16.8. The predicted molar refractivity (Wildman–Crippen MR) is 95.2 cm³/mol. The maximum Gasteiger partial charge on any atom is 0.251 e. The lowest BCUT2D eigenvalue weighted by Crippen LogP contribution is -2.22. The number of carbonyl (C=O) groups excluding carboxylic acids is 2. The van der Waals surface area contributed by atoms with E-state index in [-0.39, 0.29) is 17.1 Å². The second kappa shape index (κ2) is 8.04. The van der Waals surface area contributed by atoms with Gasteiger partial charge in [0.1, 0.15) is 0 Å². The molecule has 2 N–H and O–H groups in total. The van der Waals surface area contributed by atoms with Gasteiger partial charge in [-0.2, -0.15) is 0 Å². The molecule has 0 radical (unpaired) electrons. The van der Waals surface area contributed by atoms with Gasteiger partial charge in [0.25, 0.3) is 5.91 Å². The Hall–Kier alpha value is -1.98. The van der Waals surface area contributed by atoms with E-state index in [1.807, 2.05) is 19.1 Å². The Morgan fingerprint density at radius 2 is 1.65 bits per heavy atom. The molecule has 6 heteroatoms. The molecule has 0 fully saturated rings. The monoisotopic (exact) mass is 348 g/mol. The van der Waals surface area contributed by atoms with Gasteiger partial charge in [-0.25, -0.2) is 0 Å². The van der Waals surface area contributed by atoms with Crippen LogP contribution in [0.5, 0.6) is 0 Å². The first-order valence-corrected chi connectivity index (χ1v) is 8.30. The molecule has 1 atom stereocenters. The lowest BCUT2D eigenvalue weighted by Gasteiger charge is -2.12. The van der Waals surface area contributed by atoms with Gasteiger partial charge in [0, 0.05) is 28.2 Å². The highest BCUT2D eigenvalue weighted by Crippen LogP contribution is 2.25. The van der Waals surface area contributed by atoms with Crippen molar-refractivity contribution < 1.29 is 9.59 Å². The standard InChI is InChI=1S/C17H17ClN2O2S/c1-11(23-15-9-5-13(18)6-10-15)16(21)20-14-7-3-12(4-8-14)17(22)19-2/h3-11H,1-2H3,(H,19,22)(H,20,21)/t11-/m0/s1. The van der Waals surface area contributed by atoms with Crippen LogP contribution in [0, 0.1) is 0 Å². The van der Waals surface area contributed by atoms with Crippen molar-refractivity contribution in [2.75, 3.05) is 12.4 Å². The minimum atomic E-state index is -0.255. The molecule has 0 aliphatic rings. The van der Waals surface area contributed by atoms with Crippen molar-refractivity contribution in [2.24, 2.45) is 0 Å². The molecule has 0 spiro atoms. The van der Waals surface area contributed by atoms with E-state index in [9.17, 15) is 9.59 Å². The molecule has 0 unspecified atom stereocenters. The number of amides is 2. The highest BCUT2D eigenvalue weighted by Gasteiger charge is 2.14. The summed E-state index contributed by atoms with van der Waals surface area (Å²) in [5.74, 6) is -0.257. The van der Waals surface area contributed by atoms with Crippen LogP contribution in [0.2, 0.25) is 5.02 Å². The highest BCUT2D eigenvalue weighted by molar-refractivity contribution is 8.00. The fraction of sp³-hybridized carbons (Fsp3) is 0.176. The van der Waals surface area contributed by atoms with Crippen LogP contribution in [0.15, 0.2) is 53.4 Å². The third kappa shape index (κ3) is 5.01. The van der Waals surface area contributed by atoms with Crippen molar-refractivity contribution >= 4 is 40.9 Å². The molecule has 2 aromatic rings. The van der Waals surface area contributed by atoms with Crippen LogP contribution in [0.4, 0.5) is 5.69 Å². The minimum absolute atomic E-state index is 0.0994. The van der Waals surface area contributed by atoms with Crippen molar-refractivity contribution in [3.05, 3.63) is 59.1 Å². The number of carbonyl (C=O) groups is 2. The third-order valence-electron chi connectivity index (χ3n) is 3.14. The summed E-state index contributed by atoms with van der Waals surface area (Å²) in [5.41, 5.74) is 1.21. The molecule has 4 nitrogen and oxygen atoms in total. The lowest BCUT2D eigenvalue weighted by molar-refractivity contribution is -0.115. The maximum atomic E-state index is 12.2. The number of thioether (sulfide) groups is 1. The quantitative estimate of drug-likeness (QED) is 0.807. The van der Waals surface area contributed by atoms with E-state index in [4.69, 9.17) is 11.6 Å². The van der Waals surface area contributed by atoms with E-state index < -0.39 is 0 Å². The number of hydrogen-bond acceptors (Lipinski definition) is 3. The second-order valence-corrected chi connectivity index (χ2v) is 6.71. The summed E-state index contributed by atoms with van der Waals surface area (Å²) in [7, 11) is 1.58. The summed E-state index contributed by atoms with van der Waals surface area (Å²) in [6.07, 6.45) is 0. The summed E-state index contributed by atoms with van der Waals surface area (Å²) in [4.78, 5) is 24.7. The topological polar surface area (TPSA) is 58.2 Å². The van der Waals surface area contributed by atoms with E-state index in [0.29, 0.717) is 16.3 Å². The Morgan fingerprint density at radius 3 is 2.22 bits per heavy atom. The molecule has 23 heavy (non-hydrogen) atoms. The molecular formula is C17H17ClN2O2S. The fourth-order valence-corrected chi connectivity index (χ4v) is 2.86. The van der Waals surface area contributed by atoms with Gasteiger partial charge in [0.15, 0.2) is 0 Å². The zero-order valence-corrected chi connectivity index (χ0v) is 14.4. The van der Waals surface area contributed by atoms with Gasteiger partial charge < -0.3 is 10.6 Å². The molecule has 0 aliphatic heterocycles. The maximum absolute atomic E-state index is 12.2. The average Bonchev–Trinajstić information content (AvgIpc) is 2.56. The van der Waals surface area contributed by atoms with Gasteiger partial charge in [-0.3, -0.25) is 9.59 Å². The van der Waals surface area contributed by atoms with Gasteiger partial charge in [-0.05, 0) is 55.5 Å². The van der Waals surface area contributed by atoms with Crippen LogP contribution in [0.25, 0.3) is 0 Å². The second-order valence-electron chi connectivity index (χ2n) is 4.86. The number of rotatable bonds is 5. The summed E-state index contributed by atoms with van der Waals surface area (Å²) >= 11 is 7.30. The Bertz CT molecular complexity index is 687. The van der Waals surface area contributed by atoms with E-state index in [0.717, 1.165) is 4.90 Å². The molecule has 0 aliphatic carbocycles. The van der Waals surface area contributed by atoms with Crippen LogP contribution in [-0.2, 0) is 4.79 Å². The number of nitrogens with one attached hydrogen (secondary N) is 2. The van der Waals surface area contributed by atoms with Crippen molar-refractivity contribution in [3.8, 4) is 0 Å². The van der Waals surface area contributed by atoms with Gasteiger partial charge in [-0.15, -0.1) is 11.8 Å². The molecule has 2 aromatic carbocycles. The molecule has 2 rings (SSSR count). The Labute approximate surface area is 144 Å². The van der Waals surface area contributed by atoms with E-state index >= 15 is 0 Å². The first-order chi connectivity index (χ1) is 11.0. The van der Waals surface area contributed by atoms with Crippen molar-refractivity contribution in [1.82, 2.24) is 5.32 Å². The largest absolute Gasteiger partial charge is 0.355 e. The van der Waals surface area contributed by atoms with Crippen LogP contribution >= 0.6 is 23.4 Å². The Balaban J connectivity index is 1.95. The van der Waals surface area contributed by atoms with Gasteiger partial charge in [-0.1, -0.05) is 11.6 Å². The zero-order valence-electron chi connectivity index (χ0n) is 12.8. The van der Waals surface area contributed by atoms with Crippen LogP contribution in [-0.4, -0.2) is 24.1 Å². The summed E-state index contributed by atoms with van der Waals surface area (Å²) in [5, 5.41) is 5.81. The molecule has 0 bridgehead atoms. The molecule has 2 amide bonds. The molecule has 0 heterocycles. The van der Waals surface area contributed by atoms with Gasteiger partial charge in [0.2, 0.25) is 5.91 Å². The first kappa shape index (κ1) is 17.4. The van der Waals surface area contributed by atoms with Crippen molar-refractivity contribution in [2.45, 2.75) is 17.1 Å². The lowest BCUT2D eigenvalue weighted by atomic mass is 10.2. The molecule has 0 saturated carbocycles. The molecule has 0 saturated heterocycles. The Kier molecular flexibility index (Phi) is 6.07. The van der Waals surface area contributed by atoms with Gasteiger partial charge in [0.05, 0.1) is 5.25 Å². The van der Waals surface area contributed by atoms with Crippen LogP contribution < -0.4 is 10.6 Å². The van der Waals surface area contributed by atoms with Crippen LogP contribution in [0.3, 0.4) is 0 Å². The SMILES string of the molecule is CNC(=O)c1ccc(NC(=O)[C@H](C)Sc2ccc(Cl)cc2)cc1. The number of halogens is 1. The highest BCUT2D eigenvalue weighted by atomic mass is 35.5. The fourth-order valence-electron chi connectivity index (χ4n) is 1.86. The molecular weight excluding hydrogens is 332 g/mol. The predicted octanol–water partition coefficient (Wildman–Crippen LogP) is 3.82. The molecule has 120 valence electrons. The van der Waals surface area contributed by atoms with Crippen molar-refractivity contribution in [1.29, 1.82) is 0 Å². The summed E-state index contributed by atoms with van der Waals surface area (Å²) < 4.78 is 0. The number of anilines is 1. The molecule has 0 aromatic heterocycles. The first-order valence-electron chi connectivity index (χ1n) is 7.05. The summed E-state index contributed by atoms with van der Waals surface area (Å²) in [6.45, 7) is 1.84. The third-order valence-corrected chi connectivity index (χ3v) is 4.50. The van der Waals surface area contributed by atoms with Crippen molar-refractivity contribution in [3.63, 3.8) is 0 Å². The normalized spacial score (nSPS) is 11.6. The smallest absolute Gasteiger partial charge is 0.251 e. The van der Waals surface area contributed by atoms with Crippen LogP contribution in [0.1, 0.15) is 17.3 Å².